The molecule has 0 aliphatic carbocycles. The van der Waals surface area contributed by atoms with Crippen LogP contribution in [0.2, 0.25) is 0 Å². The lowest BCUT2D eigenvalue weighted by Gasteiger charge is -2.48. The highest BCUT2D eigenvalue weighted by atomic mass is 16.8. The SMILES string of the molecule is CCC/C=C/CC/C=C/CC/C=C/C(O)C(COC1OC(CO)C(OC2OC(CO)C(OC3OC(CO)C(O)C(O)C3O)C(O)C2O)C(O)C1O)NC(=O)CCCCCCCCCC. The van der Waals surface area contributed by atoms with Gasteiger partial charge in [-0.15, -0.1) is 0 Å². The number of hydrogen-bond acceptors (Lipinski definition) is 18. The van der Waals surface area contributed by atoms with Crippen molar-refractivity contribution in [2.45, 2.75) is 214 Å². The number of unbranched alkanes of at least 4 members (excludes halogenated alkanes) is 10. The van der Waals surface area contributed by atoms with Crippen LogP contribution >= 0.6 is 0 Å². The Kier molecular flexibility index (Phi) is 27.4. The Morgan fingerprint density at radius 1 is 0.547 bits per heavy atom. The molecule has 3 heterocycles. The van der Waals surface area contributed by atoms with Crippen LogP contribution in [0, 0.1) is 0 Å². The van der Waals surface area contributed by atoms with Crippen molar-refractivity contribution in [1.29, 1.82) is 0 Å². The maximum Gasteiger partial charge on any atom is 0.220 e. The molecule has 19 heteroatoms. The van der Waals surface area contributed by atoms with Crippen LogP contribution in [0.3, 0.4) is 0 Å². The van der Waals surface area contributed by atoms with Gasteiger partial charge in [-0.1, -0.05) is 102 Å². The highest BCUT2D eigenvalue weighted by molar-refractivity contribution is 5.76. The second-order valence-corrected chi connectivity index (χ2v) is 16.8. The third kappa shape index (κ3) is 17.9. The van der Waals surface area contributed by atoms with Crippen LogP contribution in [0.5, 0.6) is 0 Å². The molecule has 0 aromatic carbocycles. The number of hydrogen-bond donors (Lipinski definition) is 12. The zero-order chi connectivity index (χ0) is 47.0. The van der Waals surface area contributed by atoms with Crippen LogP contribution in [0.1, 0.15) is 110 Å². The summed E-state index contributed by atoms with van der Waals surface area (Å²) in [7, 11) is 0. The number of amides is 1. The van der Waals surface area contributed by atoms with E-state index in [4.69, 9.17) is 28.4 Å². The first-order valence-electron chi connectivity index (χ1n) is 23.2. The van der Waals surface area contributed by atoms with Gasteiger partial charge in [0.1, 0.15) is 73.2 Å². The number of allylic oxidation sites excluding steroid dienone is 5. The predicted molar refractivity (Wildman–Crippen MR) is 231 cm³/mol. The van der Waals surface area contributed by atoms with Gasteiger partial charge in [0.05, 0.1) is 38.6 Å². The van der Waals surface area contributed by atoms with E-state index in [1.807, 2.05) is 0 Å². The molecule has 3 saturated heterocycles. The first-order chi connectivity index (χ1) is 30.8. The Morgan fingerprint density at radius 3 is 1.53 bits per heavy atom. The number of ether oxygens (including phenoxy) is 6. The van der Waals surface area contributed by atoms with Gasteiger partial charge in [-0.05, 0) is 38.5 Å². The Hall–Kier alpha value is -1.99. The van der Waals surface area contributed by atoms with Gasteiger partial charge in [0.2, 0.25) is 5.91 Å². The molecule has 19 nitrogen and oxygen atoms in total. The molecular formula is C45H79NO18. The molecule has 372 valence electrons. The zero-order valence-corrected chi connectivity index (χ0v) is 37.5. The number of nitrogens with one attached hydrogen (secondary N) is 1. The second-order valence-electron chi connectivity index (χ2n) is 16.8. The van der Waals surface area contributed by atoms with Crippen molar-refractivity contribution in [1.82, 2.24) is 5.32 Å². The summed E-state index contributed by atoms with van der Waals surface area (Å²) in [6.45, 7) is 1.50. The Labute approximate surface area is 377 Å². The van der Waals surface area contributed by atoms with E-state index < -0.39 is 124 Å². The van der Waals surface area contributed by atoms with Crippen molar-refractivity contribution in [3.05, 3.63) is 36.5 Å². The van der Waals surface area contributed by atoms with E-state index in [0.717, 1.165) is 57.8 Å². The van der Waals surface area contributed by atoms with Gasteiger partial charge in [-0.25, -0.2) is 0 Å². The molecule has 3 aliphatic rings. The molecule has 12 N–H and O–H groups in total. The summed E-state index contributed by atoms with van der Waals surface area (Å²) in [5.74, 6) is -0.301. The number of rotatable bonds is 30. The molecule has 0 spiro atoms. The van der Waals surface area contributed by atoms with E-state index in [1.54, 1.807) is 12.2 Å². The topological polar surface area (TPSA) is 307 Å². The second kappa shape index (κ2) is 31.1. The molecule has 17 atom stereocenters. The fraction of sp³-hybridized carbons (Fsp3) is 0.844. The van der Waals surface area contributed by atoms with E-state index in [2.05, 4.69) is 43.5 Å². The Bertz CT molecular complexity index is 1340. The van der Waals surface area contributed by atoms with E-state index in [9.17, 15) is 61.0 Å². The van der Waals surface area contributed by atoms with Gasteiger partial charge in [-0.2, -0.15) is 0 Å². The third-order valence-electron chi connectivity index (χ3n) is 11.7. The van der Waals surface area contributed by atoms with Gasteiger partial charge in [0.25, 0.3) is 0 Å². The van der Waals surface area contributed by atoms with Gasteiger partial charge >= 0.3 is 0 Å². The van der Waals surface area contributed by atoms with Crippen molar-refractivity contribution in [3.8, 4) is 0 Å². The maximum absolute atomic E-state index is 13.1. The zero-order valence-electron chi connectivity index (χ0n) is 37.5. The average Bonchev–Trinajstić information content (AvgIpc) is 3.29. The summed E-state index contributed by atoms with van der Waals surface area (Å²) in [5.41, 5.74) is 0. The number of carbonyl (C=O) groups excluding carboxylic acids is 1. The normalized spacial score (nSPS) is 34.8. The minimum absolute atomic E-state index is 0.231. The van der Waals surface area contributed by atoms with Gasteiger partial charge in [0.15, 0.2) is 18.9 Å². The van der Waals surface area contributed by atoms with Crippen LogP contribution in [-0.2, 0) is 33.2 Å². The van der Waals surface area contributed by atoms with Crippen LogP contribution in [0.15, 0.2) is 36.5 Å². The smallest absolute Gasteiger partial charge is 0.220 e. The third-order valence-corrected chi connectivity index (χ3v) is 11.7. The number of carbonyl (C=O) groups is 1. The van der Waals surface area contributed by atoms with Crippen LogP contribution in [0.25, 0.3) is 0 Å². The first-order valence-corrected chi connectivity index (χ1v) is 23.2. The molecule has 0 aromatic heterocycles. The van der Waals surface area contributed by atoms with Crippen molar-refractivity contribution in [2.24, 2.45) is 0 Å². The highest BCUT2D eigenvalue weighted by Crippen LogP contribution is 2.33. The average molecular weight is 922 g/mol. The molecule has 0 radical (unpaired) electrons. The first kappa shape index (κ1) is 56.3. The summed E-state index contributed by atoms with van der Waals surface area (Å²) in [5, 5.41) is 119. The monoisotopic (exact) mass is 922 g/mol. The molecule has 0 saturated carbocycles. The van der Waals surface area contributed by atoms with Gasteiger partial charge in [0, 0.05) is 6.42 Å². The summed E-state index contributed by atoms with van der Waals surface area (Å²) in [6.07, 6.45) is -0.869. The standard InChI is InChI=1S/C45H79NO18/c1-3-5-7-9-11-13-14-15-16-18-20-22-29(50)28(46-33(51)23-21-19-17-12-10-8-6-4-2)27-59-43-39(57)36(54)41(31(25-48)61-43)64-45-40(58)37(55)42(32(26-49)62-45)63-44-38(56)35(53)34(52)30(24-47)60-44/h7,9,14-15,20,22,28-32,34-45,47-50,52-58H,3-6,8,10-13,16-19,21,23-27H2,1-2H3,(H,46,51)/b9-7+,15-14+,22-20+. The molecule has 64 heavy (non-hydrogen) atoms. The number of aliphatic hydroxyl groups is 11. The molecular weight excluding hydrogens is 842 g/mol. The predicted octanol–water partition coefficient (Wildman–Crippen LogP) is -0.143. The van der Waals surface area contributed by atoms with Crippen molar-refractivity contribution < 1.29 is 89.4 Å². The molecule has 3 rings (SSSR count). The lowest BCUT2D eigenvalue weighted by atomic mass is 9.96. The molecule has 17 unspecified atom stereocenters. The maximum atomic E-state index is 13.1. The lowest BCUT2D eigenvalue weighted by Crippen LogP contribution is -2.66. The molecule has 0 bridgehead atoms. The van der Waals surface area contributed by atoms with Gasteiger partial charge < -0.3 is 89.9 Å². The van der Waals surface area contributed by atoms with E-state index in [1.165, 1.54) is 19.3 Å². The fourth-order valence-electron chi connectivity index (χ4n) is 7.70. The number of aliphatic hydroxyl groups excluding tert-OH is 11. The lowest BCUT2D eigenvalue weighted by molar-refractivity contribution is -0.379. The van der Waals surface area contributed by atoms with Crippen LogP contribution in [0.4, 0.5) is 0 Å². The van der Waals surface area contributed by atoms with Crippen molar-refractivity contribution in [2.75, 3.05) is 26.4 Å². The Morgan fingerprint density at radius 2 is 1.00 bits per heavy atom. The molecule has 3 fully saturated rings. The van der Waals surface area contributed by atoms with Crippen LogP contribution < -0.4 is 5.32 Å². The minimum Gasteiger partial charge on any atom is -0.394 e. The van der Waals surface area contributed by atoms with Crippen molar-refractivity contribution >= 4 is 5.91 Å². The van der Waals surface area contributed by atoms with E-state index in [-0.39, 0.29) is 18.9 Å². The summed E-state index contributed by atoms with van der Waals surface area (Å²) < 4.78 is 33.9. The highest BCUT2D eigenvalue weighted by Gasteiger charge is 2.53. The minimum atomic E-state index is -1.98. The largest absolute Gasteiger partial charge is 0.394 e. The summed E-state index contributed by atoms with van der Waals surface area (Å²) in [4.78, 5) is 13.1. The molecule has 0 aromatic rings. The summed E-state index contributed by atoms with van der Waals surface area (Å²) in [6, 6.07) is -0.987. The quantitative estimate of drug-likeness (QED) is 0.0330. The Balaban J connectivity index is 1.62. The summed E-state index contributed by atoms with van der Waals surface area (Å²) >= 11 is 0. The molecule has 1 amide bonds. The van der Waals surface area contributed by atoms with E-state index in [0.29, 0.717) is 12.8 Å². The fourth-order valence-corrected chi connectivity index (χ4v) is 7.70. The van der Waals surface area contributed by atoms with Gasteiger partial charge in [-0.3, -0.25) is 4.79 Å². The van der Waals surface area contributed by atoms with E-state index >= 15 is 0 Å². The van der Waals surface area contributed by atoms with Crippen LogP contribution in [-0.4, -0.2) is 193 Å². The molecule has 3 aliphatic heterocycles. The van der Waals surface area contributed by atoms with Crippen molar-refractivity contribution in [3.63, 3.8) is 0 Å².